The molecular formula is C16H25N3O2. The molecule has 0 aromatic heterocycles. The Balaban J connectivity index is 1.74. The maximum absolute atomic E-state index is 11.9. The number of nitrogens with one attached hydrogen (secondary N) is 3. The summed E-state index contributed by atoms with van der Waals surface area (Å²) in [6, 6.07) is 6.11. The minimum atomic E-state index is -0.165. The smallest absolute Gasteiger partial charge is 0.319 e. The third kappa shape index (κ3) is 4.36. The Morgan fingerprint density at radius 3 is 2.86 bits per heavy atom. The lowest BCUT2D eigenvalue weighted by atomic mass is 10.1. The van der Waals surface area contributed by atoms with E-state index in [4.69, 9.17) is 4.74 Å². The molecule has 2 amide bonds. The summed E-state index contributed by atoms with van der Waals surface area (Å²) in [4.78, 5) is 11.9. The van der Waals surface area contributed by atoms with Crippen LogP contribution in [0.3, 0.4) is 0 Å². The van der Waals surface area contributed by atoms with Crippen molar-refractivity contribution >= 4 is 11.7 Å². The topological polar surface area (TPSA) is 62.4 Å². The third-order valence-electron chi connectivity index (χ3n) is 3.82. The van der Waals surface area contributed by atoms with E-state index in [-0.39, 0.29) is 6.03 Å². The molecule has 1 heterocycles. The SMILES string of the molecule is CCC(CC)NCCNC(=O)Nc1cccc2c1CCO2. The monoisotopic (exact) mass is 291 g/mol. The van der Waals surface area contributed by atoms with Crippen LogP contribution in [0, 0.1) is 0 Å². The number of carbonyl (C=O) groups excluding carboxylic acids is 1. The predicted octanol–water partition coefficient (Wildman–Crippen LogP) is 2.52. The van der Waals surface area contributed by atoms with E-state index < -0.39 is 0 Å². The minimum Gasteiger partial charge on any atom is -0.493 e. The summed E-state index contributed by atoms with van der Waals surface area (Å²) in [5.41, 5.74) is 1.93. The van der Waals surface area contributed by atoms with Crippen molar-refractivity contribution in [2.24, 2.45) is 0 Å². The fourth-order valence-corrected chi connectivity index (χ4v) is 2.54. The van der Waals surface area contributed by atoms with Crippen LogP contribution >= 0.6 is 0 Å². The van der Waals surface area contributed by atoms with Gasteiger partial charge in [-0.3, -0.25) is 0 Å². The number of urea groups is 1. The van der Waals surface area contributed by atoms with Gasteiger partial charge in [0.1, 0.15) is 5.75 Å². The number of anilines is 1. The zero-order valence-electron chi connectivity index (χ0n) is 12.9. The van der Waals surface area contributed by atoms with Gasteiger partial charge in [0.25, 0.3) is 0 Å². The van der Waals surface area contributed by atoms with Crippen LogP contribution in [-0.4, -0.2) is 31.8 Å². The zero-order valence-corrected chi connectivity index (χ0v) is 12.9. The van der Waals surface area contributed by atoms with Gasteiger partial charge in [0.2, 0.25) is 0 Å². The third-order valence-corrected chi connectivity index (χ3v) is 3.82. The van der Waals surface area contributed by atoms with Gasteiger partial charge in [0.15, 0.2) is 0 Å². The summed E-state index contributed by atoms with van der Waals surface area (Å²) in [7, 11) is 0. The molecule has 0 saturated heterocycles. The molecule has 0 saturated carbocycles. The van der Waals surface area contributed by atoms with E-state index in [0.29, 0.717) is 19.2 Å². The largest absolute Gasteiger partial charge is 0.493 e. The molecule has 5 nitrogen and oxygen atoms in total. The highest BCUT2D eigenvalue weighted by Crippen LogP contribution is 2.31. The Kier molecular flexibility index (Phi) is 5.87. The van der Waals surface area contributed by atoms with Crippen molar-refractivity contribution in [2.75, 3.05) is 25.0 Å². The number of carbonyl (C=O) groups is 1. The van der Waals surface area contributed by atoms with Gasteiger partial charge >= 0.3 is 6.03 Å². The highest BCUT2D eigenvalue weighted by atomic mass is 16.5. The molecule has 116 valence electrons. The van der Waals surface area contributed by atoms with E-state index in [9.17, 15) is 4.79 Å². The predicted molar refractivity (Wildman–Crippen MR) is 85.0 cm³/mol. The van der Waals surface area contributed by atoms with Gasteiger partial charge in [-0.1, -0.05) is 19.9 Å². The molecule has 1 aliphatic rings. The summed E-state index contributed by atoms with van der Waals surface area (Å²) < 4.78 is 5.49. The lowest BCUT2D eigenvalue weighted by Crippen LogP contribution is -2.38. The Bertz CT molecular complexity index is 473. The normalized spacial score (nSPS) is 12.9. The lowest BCUT2D eigenvalue weighted by molar-refractivity contribution is 0.252. The van der Waals surface area contributed by atoms with E-state index >= 15 is 0 Å². The van der Waals surface area contributed by atoms with Crippen molar-refractivity contribution < 1.29 is 9.53 Å². The van der Waals surface area contributed by atoms with Crippen molar-refractivity contribution in [2.45, 2.75) is 39.2 Å². The first-order valence-electron chi connectivity index (χ1n) is 7.77. The van der Waals surface area contributed by atoms with Crippen molar-refractivity contribution in [3.05, 3.63) is 23.8 Å². The van der Waals surface area contributed by atoms with Gasteiger partial charge in [-0.15, -0.1) is 0 Å². The van der Waals surface area contributed by atoms with E-state index in [0.717, 1.165) is 42.8 Å². The fraction of sp³-hybridized carbons (Fsp3) is 0.562. The molecule has 1 aliphatic heterocycles. The molecule has 0 radical (unpaired) electrons. The van der Waals surface area contributed by atoms with Crippen LogP contribution in [0.2, 0.25) is 0 Å². The molecule has 0 bridgehead atoms. The molecule has 0 fully saturated rings. The van der Waals surface area contributed by atoms with Crippen LogP contribution < -0.4 is 20.7 Å². The second-order valence-corrected chi connectivity index (χ2v) is 5.23. The van der Waals surface area contributed by atoms with Crippen molar-refractivity contribution in [1.29, 1.82) is 0 Å². The quantitative estimate of drug-likeness (QED) is 0.676. The molecular weight excluding hydrogens is 266 g/mol. The van der Waals surface area contributed by atoms with Gasteiger partial charge in [-0.2, -0.15) is 0 Å². The zero-order chi connectivity index (χ0) is 15.1. The first kappa shape index (κ1) is 15.6. The molecule has 1 aromatic carbocycles. The van der Waals surface area contributed by atoms with Crippen LogP contribution in [0.15, 0.2) is 18.2 Å². The number of benzene rings is 1. The standard InChI is InChI=1S/C16H25N3O2/c1-3-12(4-2)17-9-10-18-16(20)19-14-6-5-7-15-13(14)8-11-21-15/h5-7,12,17H,3-4,8-11H2,1-2H3,(H2,18,19,20). The van der Waals surface area contributed by atoms with E-state index in [1.807, 2.05) is 18.2 Å². The average Bonchev–Trinajstić information content (AvgIpc) is 2.97. The van der Waals surface area contributed by atoms with E-state index in [1.165, 1.54) is 0 Å². The number of hydrogen-bond acceptors (Lipinski definition) is 3. The molecule has 21 heavy (non-hydrogen) atoms. The number of hydrogen-bond donors (Lipinski definition) is 3. The summed E-state index contributed by atoms with van der Waals surface area (Å²) >= 11 is 0. The van der Waals surface area contributed by atoms with Crippen LogP contribution in [0.4, 0.5) is 10.5 Å². The molecule has 0 spiro atoms. The van der Waals surface area contributed by atoms with Gasteiger partial charge in [-0.05, 0) is 25.0 Å². The van der Waals surface area contributed by atoms with Crippen molar-refractivity contribution in [3.63, 3.8) is 0 Å². The first-order valence-corrected chi connectivity index (χ1v) is 7.77. The molecule has 5 heteroatoms. The van der Waals surface area contributed by atoms with E-state index in [2.05, 4.69) is 29.8 Å². The molecule has 3 N–H and O–H groups in total. The second-order valence-electron chi connectivity index (χ2n) is 5.23. The number of rotatable bonds is 7. The fourth-order valence-electron chi connectivity index (χ4n) is 2.54. The lowest BCUT2D eigenvalue weighted by Gasteiger charge is -2.15. The number of fused-ring (bicyclic) bond motifs is 1. The molecule has 0 unspecified atom stereocenters. The molecule has 1 aromatic rings. The maximum atomic E-state index is 11.9. The molecule has 2 rings (SSSR count). The van der Waals surface area contributed by atoms with Gasteiger partial charge in [0.05, 0.1) is 6.61 Å². The van der Waals surface area contributed by atoms with Crippen molar-refractivity contribution in [3.8, 4) is 5.75 Å². The Morgan fingerprint density at radius 2 is 2.10 bits per heavy atom. The van der Waals surface area contributed by atoms with E-state index in [1.54, 1.807) is 0 Å². The molecule has 0 aliphatic carbocycles. The maximum Gasteiger partial charge on any atom is 0.319 e. The number of ether oxygens (including phenoxy) is 1. The highest BCUT2D eigenvalue weighted by Gasteiger charge is 2.16. The summed E-state index contributed by atoms with van der Waals surface area (Å²) in [6.07, 6.45) is 3.07. The Hall–Kier alpha value is -1.75. The van der Waals surface area contributed by atoms with Crippen molar-refractivity contribution in [1.82, 2.24) is 10.6 Å². The summed E-state index contributed by atoms with van der Waals surface area (Å²) in [6.45, 7) is 6.43. The van der Waals surface area contributed by atoms with Crippen LogP contribution in [0.25, 0.3) is 0 Å². The summed E-state index contributed by atoms with van der Waals surface area (Å²) in [5, 5.41) is 9.19. The van der Waals surface area contributed by atoms with Gasteiger partial charge < -0.3 is 20.7 Å². The second kappa shape index (κ2) is 7.88. The Morgan fingerprint density at radius 1 is 1.29 bits per heavy atom. The number of amides is 2. The van der Waals surface area contributed by atoms with Crippen LogP contribution in [0.5, 0.6) is 5.75 Å². The average molecular weight is 291 g/mol. The minimum absolute atomic E-state index is 0.165. The van der Waals surface area contributed by atoms with Crippen LogP contribution in [0.1, 0.15) is 32.3 Å². The highest BCUT2D eigenvalue weighted by molar-refractivity contribution is 5.90. The van der Waals surface area contributed by atoms with Gasteiger partial charge in [-0.25, -0.2) is 4.79 Å². The Labute approximate surface area is 126 Å². The van der Waals surface area contributed by atoms with Gasteiger partial charge in [0, 0.05) is 36.8 Å². The first-order chi connectivity index (χ1) is 10.2. The summed E-state index contributed by atoms with van der Waals surface area (Å²) in [5.74, 6) is 0.878. The molecule has 0 atom stereocenters. The van der Waals surface area contributed by atoms with Crippen LogP contribution in [-0.2, 0) is 6.42 Å².